The number of nitrogens with zero attached hydrogens (tertiary/aromatic N) is 2. The summed E-state index contributed by atoms with van der Waals surface area (Å²) in [7, 11) is 0. The standard InChI is InChI=1S/C23H28N2O2/c1-2-3-4-5-6-7-8-12-19-23(26)27-22-18-14-13-17-21(22)25-24-20-15-10-9-11-16-20/h9-19H,2-8H2,1H3. The molecule has 0 amide bonds. The summed E-state index contributed by atoms with van der Waals surface area (Å²) in [6.45, 7) is 2.22. The van der Waals surface area contributed by atoms with Crippen LogP contribution in [0.25, 0.3) is 0 Å². The molecule has 0 fully saturated rings. The molecular weight excluding hydrogens is 336 g/mol. The molecule has 0 radical (unpaired) electrons. The van der Waals surface area contributed by atoms with Crippen molar-refractivity contribution in [2.45, 2.75) is 51.9 Å². The third-order valence-corrected chi connectivity index (χ3v) is 4.08. The third kappa shape index (κ3) is 8.45. The topological polar surface area (TPSA) is 51.0 Å². The largest absolute Gasteiger partial charge is 0.421 e. The molecule has 27 heavy (non-hydrogen) atoms. The highest BCUT2D eigenvalue weighted by Gasteiger charge is 2.06. The van der Waals surface area contributed by atoms with E-state index in [0.717, 1.165) is 18.5 Å². The smallest absolute Gasteiger partial charge is 0.335 e. The van der Waals surface area contributed by atoms with E-state index in [0.29, 0.717) is 11.4 Å². The van der Waals surface area contributed by atoms with Crippen molar-refractivity contribution < 1.29 is 9.53 Å². The number of hydrogen-bond donors (Lipinski definition) is 0. The summed E-state index contributed by atoms with van der Waals surface area (Å²) in [5.74, 6) is 0.0229. The van der Waals surface area contributed by atoms with E-state index in [-0.39, 0.29) is 5.97 Å². The van der Waals surface area contributed by atoms with Crippen molar-refractivity contribution in [2.24, 2.45) is 10.2 Å². The number of benzene rings is 2. The Kier molecular flexibility index (Phi) is 9.58. The Labute approximate surface area is 162 Å². The van der Waals surface area contributed by atoms with Gasteiger partial charge in [-0.05, 0) is 37.1 Å². The van der Waals surface area contributed by atoms with Gasteiger partial charge in [0.25, 0.3) is 0 Å². The van der Waals surface area contributed by atoms with E-state index in [2.05, 4.69) is 17.2 Å². The Hall–Kier alpha value is -2.75. The number of ether oxygens (including phenoxy) is 1. The molecule has 0 atom stereocenters. The molecule has 0 aliphatic carbocycles. The number of carbonyl (C=O) groups excluding carboxylic acids is 1. The van der Waals surface area contributed by atoms with E-state index in [1.165, 1.54) is 38.2 Å². The number of rotatable bonds is 11. The lowest BCUT2D eigenvalue weighted by Gasteiger charge is -2.04. The number of para-hydroxylation sites is 1. The Morgan fingerprint density at radius 3 is 2.41 bits per heavy atom. The summed E-state index contributed by atoms with van der Waals surface area (Å²) in [5, 5.41) is 8.38. The minimum atomic E-state index is -0.386. The molecule has 2 aromatic rings. The Bertz CT molecular complexity index is 739. The fourth-order valence-electron chi connectivity index (χ4n) is 2.60. The maximum absolute atomic E-state index is 12.0. The maximum Gasteiger partial charge on any atom is 0.335 e. The predicted octanol–water partition coefficient (Wildman–Crippen LogP) is 7.31. The van der Waals surface area contributed by atoms with Gasteiger partial charge in [0.1, 0.15) is 5.69 Å². The first kappa shape index (κ1) is 20.6. The van der Waals surface area contributed by atoms with Crippen LogP contribution in [0.4, 0.5) is 11.4 Å². The first-order valence-electron chi connectivity index (χ1n) is 9.73. The number of azo groups is 1. The van der Waals surface area contributed by atoms with Gasteiger partial charge in [0.15, 0.2) is 5.75 Å². The predicted molar refractivity (Wildman–Crippen MR) is 110 cm³/mol. The monoisotopic (exact) mass is 364 g/mol. The fourth-order valence-corrected chi connectivity index (χ4v) is 2.60. The van der Waals surface area contributed by atoms with E-state index in [9.17, 15) is 4.79 Å². The number of allylic oxidation sites excluding steroid dienone is 1. The van der Waals surface area contributed by atoms with Gasteiger partial charge in [0, 0.05) is 6.08 Å². The molecule has 0 spiro atoms. The van der Waals surface area contributed by atoms with Crippen LogP contribution in [0.1, 0.15) is 51.9 Å². The summed E-state index contributed by atoms with van der Waals surface area (Å²) in [6.07, 6.45) is 11.7. The van der Waals surface area contributed by atoms with Crippen molar-refractivity contribution in [1.29, 1.82) is 0 Å². The average Bonchev–Trinajstić information content (AvgIpc) is 2.70. The first-order chi connectivity index (χ1) is 13.3. The molecule has 142 valence electrons. The van der Waals surface area contributed by atoms with Crippen molar-refractivity contribution in [3.05, 3.63) is 66.7 Å². The molecule has 0 saturated carbocycles. The van der Waals surface area contributed by atoms with Gasteiger partial charge in [0.05, 0.1) is 5.69 Å². The summed E-state index contributed by atoms with van der Waals surface area (Å²) < 4.78 is 5.41. The second-order valence-electron chi connectivity index (χ2n) is 6.38. The molecule has 2 rings (SSSR count). The lowest BCUT2D eigenvalue weighted by atomic mass is 10.1. The van der Waals surface area contributed by atoms with Crippen molar-refractivity contribution in [3.63, 3.8) is 0 Å². The molecule has 2 aromatic carbocycles. The number of unbranched alkanes of at least 4 members (excludes halogenated alkanes) is 6. The Morgan fingerprint density at radius 2 is 1.59 bits per heavy atom. The van der Waals surface area contributed by atoms with Crippen LogP contribution in [0.2, 0.25) is 0 Å². The zero-order valence-electron chi connectivity index (χ0n) is 16.0. The SMILES string of the molecule is CCCCCCCCC=CC(=O)Oc1ccccc1N=Nc1ccccc1. The number of esters is 1. The number of hydrogen-bond acceptors (Lipinski definition) is 4. The summed E-state index contributed by atoms with van der Waals surface area (Å²) >= 11 is 0. The van der Waals surface area contributed by atoms with Gasteiger partial charge in [-0.3, -0.25) is 0 Å². The quantitative estimate of drug-likeness (QED) is 0.138. The molecule has 0 bridgehead atoms. The molecule has 0 heterocycles. The molecule has 0 aliphatic rings. The fraction of sp³-hybridized carbons (Fsp3) is 0.348. The van der Waals surface area contributed by atoms with Crippen LogP contribution < -0.4 is 4.74 Å². The number of carbonyl (C=O) groups is 1. The highest BCUT2D eigenvalue weighted by atomic mass is 16.5. The average molecular weight is 364 g/mol. The lowest BCUT2D eigenvalue weighted by Crippen LogP contribution is -2.03. The van der Waals surface area contributed by atoms with Crippen LogP contribution in [-0.4, -0.2) is 5.97 Å². The normalized spacial score (nSPS) is 11.3. The molecule has 0 aliphatic heterocycles. The molecule has 0 unspecified atom stereocenters. The van der Waals surface area contributed by atoms with Gasteiger partial charge in [0.2, 0.25) is 0 Å². The molecule has 0 N–H and O–H groups in total. The zero-order chi connectivity index (χ0) is 19.2. The molecule has 0 saturated heterocycles. The second kappa shape index (κ2) is 12.6. The molecule has 4 nitrogen and oxygen atoms in total. The van der Waals surface area contributed by atoms with Crippen LogP contribution in [0, 0.1) is 0 Å². The Balaban J connectivity index is 1.82. The molecule has 0 aromatic heterocycles. The van der Waals surface area contributed by atoms with Crippen molar-refractivity contribution in [2.75, 3.05) is 0 Å². The van der Waals surface area contributed by atoms with E-state index < -0.39 is 0 Å². The van der Waals surface area contributed by atoms with Gasteiger partial charge in [-0.1, -0.05) is 75.4 Å². The minimum absolute atomic E-state index is 0.386. The van der Waals surface area contributed by atoms with Crippen LogP contribution in [0.15, 0.2) is 77.0 Å². The third-order valence-electron chi connectivity index (χ3n) is 4.08. The first-order valence-corrected chi connectivity index (χ1v) is 9.73. The van der Waals surface area contributed by atoms with E-state index >= 15 is 0 Å². The molecule has 4 heteroatoms. The summed E-state index contributed by atoms with van der Waals surface area (Å²) in [4.78, 5) is 12.0. The highest BCUT2D eigenvalue weighted by Crippen LogP contribution is 2.28. The van der Waals surface area contributed by atoms with Crippen molar-refractivity contribution in [1.82, 2.24) is 0 Å². The van der Waals surface area contributed by atoms with Crippen LogP contribution in [0.3, 0.4) is 0 Å². The minimum Gasteiger partial charge on any atom is -0.421 e. The van der Waals surface area contributed by atoms with Crippen LogP contribution >= 0.6 is 0 Å². The Morgan fingerprint density at radius 1 is 0.889 bits per heavy atom. The summed E-state index contributed by atoms with van der Waals surface area (Å²) in [6, 6.07) is 16.6. The van der Waals surface area contributed by atoms with Gasteiger partial charge < -0.3 is 4.74 Å². The second-order valence-corrected chi connectivity index (χ2v) is 6.38. The van der Waals surface area contributed by atoms with Crippen molar-refractivity contribution in [3.8, 4) is 5.75 Å². The highest BCUT2D eigenvalue weighted by molar-refractivity contribution is 5.84. The summed E-state index contributed by atoms with van der Waals surface area (Å²) in [5.41, 5.74) is 1.27. The van der Waals surface area contributed by atoms with E-state index in [4.69, 9.17) is 4.74 Å². The van der Waals surface area contributed by atoms with Gasteiger partial charge in [-0.15, -0.1) is 5.11 Å². The van der Waals surface area contributed by atoms with Crippen LogP contribution in [0.5, 0.6) is 5.75 Å². The molecular formula is C23H28N2O2. The zero-order valence-corrected chi connectivity index (χ0v) is 16.0. The maximum atomic E-state index is 12.0. The van der Waals surface area contributed by atoms with E-state index in [1.54, 1.807) is 12.1 Å². The van der Waals surface area contributed by atoms with Gasteiger partial charge in [-0.2, -0.15) is 5.11 Å². The van der Waals surface area contributed by atoms with E-state index in [1.807, 2.05) is 48.5 Å². The van der Waals surface area contributed by atoms with Gasteiger partial charge >= 0.3 is 5.97 Å². The van der Waals surface area contributed by atoms with Crippen molar-refractivity contribution >= 4 is 17.3 Å². The van der Waals surface area contributed by atoms with Gasteiger partial charge in [-0.25, -0.2) is 4.79 Å². The van der Waals surface area contributed by atoms with Crippen LogP contribution in [-0.2, 0) is 4.79 Å². The lowest BCUT2D eigenvalue weighted by molar-refractivity contribution is -0.128.